The van der Waals surface area contributed by atoms with E-state index in [1.165, 1.54) is 24.3 Å². The van der Waals surface area contributed by atoms with E-state index < -0.39 is 18.4 Å². The molecule has 0 saturated carbocycles. The number of benzene rings is 1. The smallest absolute Gasteiger partial charge is 0.358 e. The average molecular weight is 321 g/mol. The summed E-state index contributed by atoms with van der Waals surface area (Å²) in [6.45, 7) is -0.108. The fourth-order valence-electron chi connectivity index (χ4n) is 2.16. The maximum Gasteiger partial charge on any atom is 0.358 e. The summed E-state index contributed by atoms with van der Waals surface area (Å²) in [7, 11) is 1.20. The van der Waals surface area contributed by atoms with Crippen molar-refractivity contribution in [1.82, 2.24) is 4.90 Å². The van der Waals surface area contributed by atoms with Crippen LogP contribution in [0, 0.1) is 0 Å². The highest BCUT2D eigenvalue weighted by Crippen LogP contribution is 2.24. The quantitative estimate of drug-likeness (QED) is 0.504. The summed E-state index contributed by atoms with van der Waals surface area (Å²) >= 11 is 0. The fourth-order valence-corrected chi connectivity index (χ4v) is 2.16. The third kappa shape index (κ3) is 4.32. The van der Waals surface area contributed by atoms with Crippen molar-refractivity contribution in [3.63, 3.8) is 0 Å². The molecule has 0 saturated heterocycles. The Kier molecular flexibility index (Phi) is 5.75. The van der Waals surface area contributed by atoms with Crippen molar-refractivity contribution in [2.24, 2.45) is 0 Å². The van der Waals surface area contributed by atoms with E-state index in [0.29, 0.717) is 0 Å². The Morgan fingerprint density at radius 1 is 1.30 bits per heavy atom. The van der Waals surface area contributed by atoms with E-state index in [-0.39, 0.29) is 24.6 Å². The molecule has 3 N–H and O–H groups in total. The minimum atomic E-state index is -1.66. The van der Waals surface area contributed by atoms with Crippen LogP contribution < -0.4 is 0 Å². The number of carbonyl (C=O) groups excluding carboxylic acids is 1. The largest absolute Gasteiger partial charge is 0.488 e. The van der Waals surface area contributed by atoms with Gasteiger partial charge >= 0.3 is 5.97 Å². The topological polar surface area (TPSA) is 99.5 Å². The van der Waals surface area contributed by atoms with Gasteiger partial charge in [-0.05, 0) is 11.6 Å². The van der Waals surface area contributed by atoms with Crippen molar-refractivity contribution in [1.29, 1.82) is 0 Å². The number of esters is 1. The third-order valence-corrected chi connectivity index (χ3v) is 3.21. The highest BCUT2D eigenvalue weighted by molar-refractivity contribution is 5.89. The van der Waals surface area contributed by atoms with Crippen molar-refractivity contribution < 1.29 is 29.6 Å². The van der Waals surface area contributed by atoms with Gasteiger partial charge in [-0.15, -0.1) is 0 Å². The number of hydrogen-bond acceptors (Lipinski definition) is 7. The van der Waals surface area contributed by atoms with Gasteiger partial charge in [0.1, 0.15) is 12.7 Å². The normalized spacial score (nSPS) is 17.6. The summed E-state index contributed by atoms with van der Waals surface area (Å²) < 4.78 is 10.3. The van der Waals surface area contributed by atoms with E-state index in [9.17, 15) is 9.90 Å². The van der Waals surface area contributed by atoms with Crippen LogP contribution in [0.1, 0.15) is 5.56 Å². The summed E-state index contributed by atoms with van der Waals surface area (Å²) in [4.78, 5) is 13.3. The van der Waals surface area contributed by atoms with Crippen LogP contribution in [-0.2, 0) is 20.9 Å². The van der Waals surface area contributed by atoms with Crippen LogP contribution in [0.2, 0.25) is 0 Å². The van der Waals surface area contributed by atoms with Crippen LogP contribution in [0.4, 0.5) is 0 Å². The molecular formula is C16H19NO6. The third-order valence-electron chi connectivity index (χ3n) is 3.21. The highest BCUT2D eigenvalue weighted by atomic mass is 16.5. The summed E-state index contributed by atoms with van der Waals surface area (Å²) in [5, 5.41) is 28.4. The molecule has 0 radical (unpaired) electrons. The Labute approximate surface area is 133 Å². The molecule has 124 valence electrons. The van der Waals surface area contributed by atoms with Gasteiger partial charge in [-0.1, -0.05) is 30.3 Å². The number of hydrogen-bond donors (Lipinski definition) is 3. The molecule has 2 rings (SSSR count). The van der Waals surface area contributed by atoms with Gasteiger partial charge in [0.25, 0.3) is 0 Å². The van der Waals surface area contributed by atoms with Crippen LogP contribution in [-0.4, -0.2) is 52.2 Å². The monoisotopic (exact) mass is 321 g/mol. The Hall–Kier alpha value is -2.35. The summed E-state index contributed by atoms with van der Waals surface area (Å²) in [6, 6.07) is 9.25. The number of aliphatic hydroxyl groups is 3. The second-order valence-electron chi connectivity index (χ2n) is 4.90. The molecule has 1 aliphatic rings. The summed E-state index contributed by atoms with van der Waals surface area (Å²) in [6.07, 6.45) is -0.0224. The molecule has 7 heteroatoms. The van der Waals surface area contributed by atoms with Crippen LogP contribution in [0.25, 0.3) is 0 Å². The van der Waals surface area contributed by atoms with Crippen molar-refractivity contribution >= 4 is 5.97 Å². The standard InChI is InChI=1S/C16H19NO6/c1-22-16(21)14-15(23-10-11-5-3-2-4-6-11)12(18)7-8-17(14)9-13(19)20/h2-8,12-13,18-20H,9-10H2,1H3. The Morgan fingerprint density at radius 2 is 2.00 bits per heavy atom. The second-order valence-corrected chi connectivity index (χ2v) is 4.90. The maximum absolute atomic E-state index is 12.0. The zero-order valence-corrected chi connectivity index (χ0v) is 12.6. The molecule has 7 nitrogen and oxygen atoms in total. The first kappa shape index (κ1) is 17.0. The van der Waals surface area contributed by atoms with Crippen molar-refractivity contribution in [3.05, 3.63) is 59.6 Å². The van der Waals surface area contributed by atoms with E-state index in [4.69, 9.17) is 19.7 Å². The molecule has 23 heavy (non-hydrogen) atoms. The predicted octanol–water partition coefficient (Wildman–Crippen LogP) is 0.0887. The van der Waals surface area contributed by atoms with Crippen LogP contribution >= 0.6 is 0 Å². The number of β-amino-alcohol motifs (C(OH)–C–C–N with tert-alkyl or cyclic N) is 2. The van der Waals surface area contributed by atoms with Crippen LogP contribution in [0.5, 0.6) is 0 Å². The molecule has 1 aromatic carbocycles. The number of aliphatic hydroxyl groups excluding tert-OH is 2. The van der Waals surface area contributed by atoms with Crippen LogP contribution in [0.15, 0.2) is 54.1 Å². The fraction of sp³-hybridized carbons (Fsp3) is 0.312. The number of methoxy groups -OCH3 is 1. The molecule has 1 aliphatic heterocycles. The first-order valence-corrected chi connectivity index (χ1v) is 7.01. The zero-order valence-electron chi connectivity index (χ0n) is 12.6. The molecule has 1 aromatic rings. The molecule has 0 aromatic heterocycles. The van der Waals surface area contributed by atoms with E-state index in [0.717, 1.165) is 5.56 Å². The Balaban J connectivity index is 2.27. The van der Waals surface area contributed by atoms with Crippen LogP contribution in [0.3, 0.4) is 0 Å². The molecule has 0 amide bonds. The lowest BCUT2D eigenvalue weighted by Crippen LogP contribution is -2.37. The lowest BCUT2D eigenvalue weighted by molar-refractivity contribution is -0.139. The molecule has 1 atom stereocenters. The predicted molar refractivity (Wildman–Crippen MR) is 80.4 cm³/mol. The van der Waals surface area contributed by atoms with Crippen molar-refractivity contribution in [2.45, 2.75) is 19.0 Å². The minimum Gasteiger partial charge on any atom is -0.488 e. The molecule has 1 heterocycles. The second kappa shape index (κ2) is 7.77. The molecule has 0 bridgehead atoms. The molecular weight excluding hydrogens is 302 g/mol. The summed E-state index contributed by atoms with van der Waals surface area (Å²) in [5.74, 6) is -0.735. The van der Waals surface area contributed by atoms with Gasteiger partial charge in [-0.2, -0.15) is 0 Å². The zero-order chi connectivity index (χ0) is 16.8. The van der Waals surface area contributed by atoms with Crippen molar-refractivity contribution in [3.8, 4) is 0 Å². The molecule has 0 spiro atoms. The van der Waals surface area contributed by atoms with Gasteiger partial charge in [0, 0.05) is 6.20 Å². The number of carbonyl (C=O) groups is 1. The van der Waals surface area contributed by atoms with Gasteiger partial charge in [0.15, 0.2) is 17.7 Å². The van der Waals surface area contributed by atoms with Gasteiger partial charge in [-0.3, -0.25) is 0 Å². The highest BCUT2D eigenvalue weighted by Gasteiger charge is 2.31. The van der Waals surface area contributed by atoms with E-state index in [1.54, 1.807) is 0 Å². The summed E-state index contributed by atoms with van der Waals surface area (Å²) in [5.41, 5.74) is 0.797. The van der Waals surface area contributed by atoms with E-state index >= 15 is 0 Å². The number of nitrogens with zero attached hydrogens (tertiary/aromatic N) is 1. The molecule has 0 aliphatic carbocycles. The number of ether oxygens (including phenoxy) is 2. The molecule has 0 fully saturated rings. The van der Waals surface area contributed by atoms with E-state index in [1.807, 2.05) is 30.3 Å². The number of rotatable bonds is 6. The molecule has 1 unspecified atom stereocenters. The van der Waals surface area contributed by atoms with Gasteiger partial charge in [-0.25, -0.2) is 4.79 Å². The van der Waals surface area contributed by atoms with E-state index in [2.05, 4.69) is 0 Å². The lowest BCUT2D eigenvalue weighted by atomic mass is 10.1. The van der Waals surface area contributed by atoms with Gasteiger partial charge in [0.05, 0.1) is 13.7 Å². The first-order valence-electron chi connectivity index (χ1n) is 7.01. The van der Waals surface area contributed by atoms with Crippen molar-refractivity contribution in [2.75, 3.05) is 13.7 Å². The van der Waals surface area contributed by atoms with Gasteiger partial charge < -0.3 is 29.7 Å². The lowest BCUT2D eigenvalue weighted by Gasteiger charge is -2.30. The first-order chi connectivity index (χ1) is 11.0. The Morgan fingerprint density at radius 3 is 2.61 bits per heavy atom. The SMILES string of the molecule is COC(=O)C1=C(OCc2ccccc2)C(O)C=CN1CC(O)O. The minimum absolute atomic E-state index is 0.00357. The maximum atomic E-state index is 12.0. The Bertz CT molecular complexity index is 596. The van der Waals surface area contributed by atoms with Gasteiger partial charge in [0.2, 0.25) is 0 Å². The average Bonchev–Trinajstić information content (AvgIpc) is 2.54.